The first kappa shape index (κ1) is 17.9. The Morgan fingerprint density at radius 3 is 2.59 bits per heavy atom. The summed E-state index contributed by atoms with van der Waals surface area (Å²) >= 11 is 0. The molecule has 5 nitrogen and oxygen atoms in total. The van der Waals surface area contributed by atoms with Crippen molar-refractivity contribution in [2.24, 2.45) is 0 Å². The summed E-state index contributed by atoms with van der Waals surface area (Å²) in [6.45, 7) is 6.67. The summed E-state index contributed by atoms with van der Waals surface area (Å²) in [4.78, 5) is 13.5. The lowest BCUT2D eigenvalue weighted by Gasteiger charge is -2.13. The van der Waals surface area contributed by atoms with Crippen molar-refractivity contribution in [1.29, 1.82) is 0 Å². The van der Waals surface area contributed by atoms with Crippen LogP contribution in [-0.2, 0) is 6.54 Å². The van der Waals surface area contributed by atoms with E-state index in [1.54, 1.807) is 9.36 Å². The molecule has 2 heterocycles. The van der Waals surface area contributed by atoms with Crippen molar-refractivity contribution in [3.8, 4) is 5.69 Å². The molecule has 1 fully saturated rings. The van der Waals surface area contributed by atoms with Crippen LogP contribution in [0.5, 0.6) is 0 Å². The molecule has 5 rings (SSSR count). The van der Waals surface area contributed by atoms with E-state index in [-0.39, 0.29) is 5.56 Å². The molecule has 5 heteroatoms. The van der Waals surface area contributed by atoms with Crippen molar-refractivity contribution in [2.45, 2.75) is 46.1 Å². The summed E-state index contributed by atoms with van der Waals surface area (Å²) in [6.07, 6.45) is 4.06. The zero-order valence-corrected chi connectivity index (χ0v) is 17.0. The van der Waals surface area contributed by atoms with Crippen molar-refractivity contribution in [3.63, 3.8) is 0 Å². The minimum absolute atomic E-state index is 0.0916. The summed E-state index contributed by atoms with van der Waals surface area (Å²) in [5.74, 6) is 0.428. The zero-order chi connectivity index (χ0) is 20.1. The van der Waals surface area contributed by atoms with E-state index in [2.05, 4.69) is 37.1 Å². The topological polar surface area (TPSA) is 52.7 Å². The van der Waals surface area contributed by atoms with Crippen LogP contribution in [0.4, 0.5) is 0 Å². The number of aromatic nitrogens is 4. The molecular weight excluding hydrogens is 360 g/mol. The predicted molar refractivity (Wildman–Crippen MR) is 115 cm³/mol. The van der Waals surface area contributed by atoms with E-state index in [0.29, 0.717) is 18.0 Å². The van der Waals surface area contributed by atoms with E-state index in [1.165, 1.54) is 11.1 Å². The van der Waals surface area contributed by atoms with Gasteiger partial charge in [-0.25, -0.2) is 9.36 Å². The summed E-state index contributed by atoms with van der Waals surface area (Å²) in [5.41, 5.74) is 7.05. The van der Waals surface area contributed by atoms with Gasteiger partial charge in [0.2, 0.25) is 0 Å². The smallest absolute Gasteiger partial charge is 0.265 e. The van der Waals surface area contributed by atoms with Crippen LogP contribution in [0.1, 0.15) is 46.7 Å². The molecule has 2 aromatic carbocycles. The molecule has 1 aliphatic carbocycles. The Kier molecular flexibility index (Phi) is 4.12. The van der Waals surface area contributed by atoms with Crippen molar-refractivity contribution < 1.29 is 0 Å². The molecule has 1 aliphatic rings. The Labute approximate surface area is 169 Å². The molecule has 29 heavy (non-hydrogen) atoms. The van der Waals surface area contributed by atoms with Gasteiger partial charge in [-0.05, 0) is 56.4 Å². The fraction of sp³-hybridized carbons (Fsp3) is 0.292. The predicted octanol–water partition coefficient (Wildman–Crippen LogP) is 4.43. The lowest BCUT2D eigenvalue weighted by atomic mass is 10.1. The maximum Gasteiger partial charge on any atom is 0.293 e. The quantitative estimate of drug-likeness (QED) is 0.523. The second-order valence-electron chi connectivity index (χ2n) is 8.16. The molecular formula is C24H24N4O. The van der Waals surface area contributed by atoms with Gasteiger partial charge in [-0.15, -0.1) is 0 Å². The molecule has 0 N–H and O–H groups in total. The molecule has 146 valence electrons. The highest BCUT2D eigenvalue weighted by atomic mass is 16.1. The van der Waals surface area contributed by atoms with Gasteiger partial charge in [-0.1, -0.05) is 42.0 Å². The molecule has 0 radical (unpaired) electrons. The number of rotatable bonds is 4. The third-order valence-electron chi connectivity index (χ3n) is 5.84. The van der Waals surface area contributed by atoms with E-state index >= 15 is 0 Å². The fourth-order valence-electron chi connectivity index (χ4n) is 3.97. The molecule has 4 aromatic rings. The summed E-state index contributed by atoms with van der Waals surface area (Å²) in [6, 6.07) is 14.4. The van der Waals surface area contributed by atoms with Crippen LogP contribution < -0.4 is 5.56 Å². The maximum atomic E-state index is 13.5. The highest BCUT2D eigenvalue weighted by Crippen LogP contribution is 2.41. The van der Waals surface area contributed by atoms with Crippen molar-refractivity contribution in [3.05, 3.63) is 87.0 Å². The molecule has 0 aliphatic heterocycles. The second-order valence-corrected chi connectivity index (χ2v) is 8.16. The van der Waals surface area contributed by atoms with Crippen LogP contribution in [0.3, 0.4) is 0 Å². The molecule has 0 spiro atoms. The Hall–Kier alpha value is -3.21. The normalized spacial score (nSPS) is 13.9. The molecule has 0 saturated heterocycles. The van der Waals surface area contributed by atoms with E-state index in [9.17, 15) is 4.79 Å². The molecule has 2 aromatic heterocycles. The van der Waals surface area contributed by atoms with Crippen molar-refractivity contribution in [1.82, 2.24) is 19.6 Å². The van der Waals surface area contributed by atoms with Gasteiger partial charge in [-0.3, -0.25) is 4.79 Å². The third-order valence-corrected chi connectivity index (χ3v) is 5.84. The van der Waals surface area contributed by atoms with E-state index in [0.717, 1.165) is 40.7 Å². The lowest BCUT2D eigenvalue weighted by Crippen LogP contribution is -2.27. The highest BCUT2D eigenvalue weighted by Gasteiger charge is 2.30. The Balaban J connectivity index is 1.74. The van der Waals surface area contributed by atoms with Gasteiger partial charge in [0.1, 0.15) is 5.52 Å². The van der Waals surface area contributed by atoms with Crippen LogP contribution in [0.15, 0.2) is 53.5 Å². The minimum atomic E-state index is -0.0916. The number of nitrogens with zero attached hydrogens (tertiary/aromatic N) is 4. The van der Waals surface area contributed by atoms with Gasteiger partial charge in [0.25, 0.3) is 5.56 Å². The van der Waals surface area contributed by atoms with Crippen LogP contribution in [0.25, 0.3) is 16.6 Å². The summed E-state index contributed by atoms with van der Waals surface area (Å²) < 4.78 is 3.42. The highest BCUT2D eigenvalue weighted by molar-refractivity contribution is 5.82. The van der Waals surface area contributed by atoms with Crippen LogP contribution in [0.2, 0.25) is 0 Å². The minimum Gasteiger partial charge on any atom is -0.265 e. The SMILES string of the molecule is Cc1ccc(C)c(Cn2nc(C3CC3)c3cnn(-c4ccccc4C)c3c2=O)c1. The standard InChI is InChI=1S/C24H24N4O/c1-15-8-9-16(2)19(12-15)14-27-24(29)23-20(22(26-27)18-10-11-18)13-25-28(23)21-7-5-4-6-17(21)3/h4-9,12-13,18H,10-11,14H2,1-3H3. The van der Waals surface area contributed by atoms with Gasteiger partial charge in [0.15, 0.2) is 0 Å². The van der Waals surface area contributed by atoms with E-state index in [1.807, 2.05) is 37.4 Å². The van der Waals surface area contributed by atoms with Gasteiger partial charge in [-0.2, -0.15) is 10.2 Å². The molecule has 0 bridgehead atoms. The van der Waals surface area contributed by atoms with Gasteiger partial charge in [0.05, 0.1) is 24.1 Å². The lowest BCUT2D eigenvalue weighted by molar-refractivity contribution is 0.624. The largest absolute Gasteiger partial charge is 0.293 e. The fourth-order valence-corrected chi connectivity index (χ4v) is 3.97. The van der Waals surface area contributed by atoms with Crippen LogP contribution >= 0.6 is 0 Å². The molecule has 1 saturated carbocycles. The Morgan fingerprint density at radius 1 is 1.03 bits per heavy atom. The van der Waals surface area contributed by atoms with E-state index < -0.39 is 0 Å². The first-order valence-electron chi connectivity index (χ1n) is 10.1. The average Bonchev–Trinajstić information content (AvgIpc) is 3.45. The third kappa shape index (κ3) is 3.07. The summed E-state index contributed by atoms with van der Waals surface area (Å²) in [7, 11) is 0. The number of fused-ring (bicyclic) bond motifs is 1. The van der Waals surface area contributed by atoms with Crippen LogP contribution in [-0.4, -0.2) is 19.6 Å². The average molecular weight is 384 g/mol. The maximum absolute atomic E-state index is 13.5. The number of aryl methyl sites for hydroxylation is 3. The first-order valence-corrected chi connectivity index (χ1v) is 10.1. The second kappa shape index (κ2) is 6.69. The molecule has 0 amide bonds. The number of hydrogen-bond donors (Lipinski definition) is 0. The van der Waals surface area contributed by atoms with Crippen LogP contribution in [0, 0.1) is 20.8 Å². The Morgan fingerprint density at radius 2 is 1.83 bits per heavy atom. The van der Waals surface area contributed by atoms with Crippen molar-refractivity contribution >= 4 is 10.9 Å². The van der Waals surface area contributed by atoms with Gasteiger partial charge < -0.3 is 0 Å². The zero-order valence-electron chi connectivity index (χ0n) is 17.0. The molecule has 0 atom stereocenters. The number of hydrogen-bond acceptors (Lipinski definition) is 3. The van der Waals surface area contributed by atoms with Gasteiger partial charge >= 0.3 is 0 Å². The Bertz CT molecular complexity index is 1290. The number of benzene rings is 2. The number of para-hydroxylation sites is 1. The van der Waals surface area contributed by atoms with Crippen molar-refractivity contribution in [2.75, 3.05) is 0 Å². The van der Waals surface area contributed by atoms with E-state index in [4.69, 9.17) is 5.10 Å². The first-order chi connectivity index (χ1) is 14.0. The summed E-state index contributed by atoms with van der Waals surface area (Å²) in [5, 5.41) is 10.3. The monoisotopic (exact) mass is 384 g/mol. The van der Waals surface area contributed by atoms with Gasteiger partial charge in [0, 0.05) is 11.3 Å². The molecule has 0 unspecified atom stereocenters.